The van der Waals surface area contributed by atoms with Crippen molar-refractivity contribution in [3.8, 4) is 6.07 Å². The molecule has 1 saturated heterocycles. The van der Waals surface area contributed by atoms with Gasteiger partial charge in [0.1, 0.15) is 11.8 Å². The molecule has 0 saturated carbocycles. The quantitative estimate of drug-likeness (QED) is 0.873. The van der Waals surface area contributed by atoms with E-state index in [1.54, 1.807) is 6.20 Å². The number of hydrogen-bond acceptors (Lipinski definition) is 4. The molecule has 1 aliphatic heterocycles. The molecule has 21 heavy (non-hydrogen) atoms. The first kappa shape index (κ1) is 15.9. The van der Waals surface area contributed by atoms with Crippen molar-refractivity contribution in [1.29, 1.82) is 5.26 Å². The summed E-state index contributed by atoms with van der Waals surface area (Å²) in [4.78, 5) is 6.68. The summed E-state index contributed by atoms with van der Waals surface area (Å²) in [6, 6.07) is 6.73. The monoisotopic (exact) mass is 286 g/mol. The lowest BCUT2D eigenvalue weighted by Crippen LogP contribution is -2.45. The molecule has 0 radical (unpaired) electrons. The van der Waals surface area contributed by atoms with E-state index >= 15 is 0 Å². The first-order chi connectivity index (χ1) is 10.2. The number of rotatable bonds is 6. The molecule has 4 nitrogen and oxygen atoms in total. The van der Waals surface area contributed by atoms with Gasteiger partial charge < -0.3 is 5.32 Å². The minimum absolute atomic E-state index is 0.567. The van der Waals surface area contributed by atoms with Gasteiger partial charge in [-0.05, 0) is 37.9 Å². The predicted octanol–water partition coefficient (Wildman–Crippen LogP) is 2.55. The van der Waals surface area contributed by atoms with Crippen molar-refractivity contribution in [2.75, 3.05) is 19.6 Å². The number of nitrogens with zero attached hydrogens (tertiary/aromatic N) is 3. The van der Waals surface area contributed by atoms with Crippen molar-refractivity contribution >= 4 is 0 Å². The summed E-state index contributed by atoms with van der Waals surface area (Å²) >= 11 is 0. The van der Waals surface area contributed by atoms with Crippen molar-refractivity contribution in [1.82, 2.24) is 15.2 Å². The van der Waals surface area contributed by atoms with Gasteiger partial charge in [-0.25, -0.2) is 4.98 Å². The summed E-state index contributed by atoms with van der Waals surface area (Å²) in [6.07, 6.45) is 5.50. The van der Waals surface area contributed by atoms with Crippen molar-refractivity contribution in [2.24, 2.45) is 5.92 Å². The normalized spacial score (nSPS) is 19.6. The van der Waals surface area contributed by atoms with Gasteiger partial charge >= 0.3 is 0 Å². The summed E-state index contributed by atoms with van der Waals surface area (Å²) in [5.74, 6) is 0.686. The fourth-order valence-corrected chi connectivity index (χ4v) is 2.92. The van der Waals surface area contributed by atoms with E-state index in [-0.39, 0.29) is 0 Å². The van der Waals surface area contributed by atoms with Crippen LogP contribution in [-0.2, 0) is 6.54 Å². The largest absolute Gasteiger partial charge is 0.315 e. The fourth-order valence-electron chi connectivity index (χ4n) is 2.92. The van der Waals surface area contributed by atoms with Gasteiger partial charge in [0.05, 0.1) is 0 Å². The average molecular weight is 286 g/mol. The third kappa shape index (κ3) is 4.80. The van der Waals surface area contributed by atoms with Crippen LogP contribution in [0.25, 0.3) is 0 Å². The topological polar surface area (TPSA) is 52.0 Å². The zero-order valence-electron chi connectivity index (χ0n) is 13.2. The molecule has 1 fully saturated rings. The van der Waals surface area contributed by atoms with Gasteiger partial charge in [0.15, 0.2) is 0 Å². The summed E-state index contributed by atoms with van der Waals surface area (Å²) in [5.41, 5.74) is 1.62. The van der Waals surface area contributed by atoms with Crippen LogP contribution in [0.5, 0.6) is 0 Å². The van der Waals surface area contributed by atoms with Crippen LogP contribution in [0.3, 0.4) is 0 Å². The van der Waals surface area contributed by atoms with Gasteiger partial charge in [0, 0.05) is 30.9 Å². The molecule has 0 amide bonds. The number of nitrogens with one attached hydrogen (secondary N) is 1. The molecule has 4 heteroatoms. The minimum atomic E-state index is 0.567. The molecule has 1 N–H and O–H groups in total. The Morgan fingerprint density at radius 3 is 3.10 bits per heavy atom. The first-order valence-corrected chi connectivity index (χ1v) is 7.99. The van der Waals surface area contributed by atoms with Crippen LogP contribution in [0.4, 0.5) is 0 Å². The lowest BCUT2D eigenvalue weighted by molar-refractivity contribution is 0.136. The molecular formula is C17H26N4. The smallest absolute Gasteiger partial charge is 0.144 e. The van der Waals surface area contributed by atoms with E-state index in [1.165, 1.54) is 19.3 Å². The lowest BCUT2D eigenvalue weighted by Gasteiger charge is -2.36. The first-order valence-electron chi connectivity index (χ1n) is 7.99. The van der Waals surface area contributed by atoms with Gasteiger partial charge in [-0.1, -0.05) is 26.3 Å². The van der Waals surface area contributed by atoms with Crippen molar-refractivity contribution in [3.05, 3.63) is 29.6 Å². The van der Waals surface area contributed by atoms with E-state index in [2.05, 4.69) is 35.1 Å². The standard InChI is InChI=1S/C17H26N4/c1-14(2)11-19-12-16-7-3-4-9-21(16)13-15-6-5-8-20-17(15)10-18/h5-6,8,14,16,19H,3-4,7,9,11-13H2,1-2H3. The molecule has 114 valence electrons. The average Bonchev–Trinajstić information content (AvgIpc) is 2.49. The number of nitriles is 1. The SMILES string of the molecule is CC(C)CNCC1CCCCN1Cc1cccnc1C#N. The summed E-state index contributed by atoms with van der Waals surface area (Å²) < 4.78 is 0. The van der Waals surface area contributed by atoms with Gasteiger partial charge in [0.25, 0.3) is 0 Å². The Labute approximate surface area is 128 Å². The number of piperidine rings is 1. The van der Waals surface area contributed by atoms with Gasteiger partial charge in [-0.3, -0.25) is 4.90 Å². The highest BCUT2D eigenvalue weighted by molar-refractivity contribution is 5.30. The fraction of sp³-hybridized carbons (Fsp3) is 0.647. The Morgan fingerprint density at radius 1 is 1.48 bits per heavy atom. The van der Waals surface area contributed by atoms with Crippen molar-refractivity contribution in [2.45, 2.75) is 45.7 Å². The summed E-state index contributed by atoms with van der Waals surface area (Å²) in [5, 5.41) is 12.7. The second-order valence-corrected chi connectivity index (χ2v) is 6.30. The van der Waals surface area contributed by atoms with E-state index in [1.807, 2.05) is 12.1 Å². The maximum atomic E-state index is 9.17. The number of likely N-dealkylation sites (tertiary alicyclic amines) is 1. The lowest BCUT2D eigenvalue weighted by atomic mass is 10.0. The van der Waals surface area contributed by atoms with Crippen LogP contribution in [0.2, 0.25) is 0 Å². The molecular weight excluding hydrogens is 260 g/mol. The van der Waals surface area contributed by atoms with Crippen molar-refractivity contribution < 1.29 is 0 Å². The molecule has 0 aromatic carbocycles. The predicted molar refractivity (Wildman–Crippen MR) is 84.7 cm³/mol. The van der Waals surface area contributed by atoms with Crippen LogP contribution < -0.4 is 5.32 Å². The molecule has 1 atom stereocenters. The van der Waals surface area contributed by atoms with Crippen molar-refractivity contribution in [3.63, 3.8) is 0 Å². The van der Waals surface area contributed by atoms with Crippen LogP contribution in [0.1, 0.15) is 44.4 Å². The Morgan fingerprint density at radius 2 is 2.33 bits per heavy atom. The zero-order chi connectivity index (χ0) is 15.1. The molecule has 2 rings (SSSR count). The minimum Gasteiger partial charge on any atom is -0.315 e. The Hall–Kier alpha value is -1.44. The molecule has 0 spiro atoms. The van der Waals surface area contributed by atoms with Crippen LogP contribution in [-0.4, -0.2) is 35.6 Å². The number of aromatic nitrogens is 1. The third-order valence-electron chi connectivity index (χ3n) is 4.05. The zero-order valence-corrected chi connectivity index (χ0v) is 13.2. The number of hydrogen-bond donors (Lipinski definition) is 1. The Bertz CT molecular complexity index is 478. The second kappa shape index (κ2) is 8.11. The Kier molecular flexibility index (Phi) is 6.16. The van der Waals surface area contributed by atoms with Crippen LogP contribution >= 0.6 is 0 Å². The summed E-state index contributed by atoms with van der Waals surface area (Å²) in [6.45, 7) is 8.54. The molecule has 1 aromatic heterocycles. The highest BCUT2D eigenvalue weighted by atomic mass is 15.2. The molecule has 2 heterocycles. The van der Waals surface area contributed by atoms with Crippen LogP contribution in [0.15, 0.2) is 18.3 Å². The van der Waals surface area contributed by atoms with E-state index in [0.717, 1.165) is 31.7 Å². The maximum Gasteiger partial charge on any atom is 0.144 e. The molecule has 1 aromatic rings. The maximum absolute atomic E-state index is 9.17. The van der Waals surface area contributed by atoms with E-state index < -0.39 is 0 Å². The van der Waals surface area contributed by atoms with E-state index in [4.69, 9.17) is 0 Å². The van der Waals surface area contributed by atoms with Gasteiger partial charge in [0.2, 0.25) is 0 Å². The van der Waals surface area contributed by atoms with Crippen LogP contribution in [0, 0.1) is 17.2 Å². The second-order valence-electron chi connectivity index (χ2n) is 6.30. The summed E-state index contributed by atoms with van der Waals surface area (Å²) in [7, 11) is 0. The van der Waals surface area contributed by atoms with Gasteiger partial charge in [-0.15, -0.1) is 0 Å². The van der Waals surface area contributed by atoms with E-state index in [0.29, 0.717) is 17.7 Å². The third-order valence-corrected chi connectivity index (χ3v) is 4.05. The Balaban J connectivity index is 1.97. The highest BCUT2D eigenvalue weighted by Gasteiger charge is 2.23. The highest BCUT2D eigenvalue weighted by Crippen LogP contribution is 2.20. The van der Waals surface area contributed by atoms with E-state index in [9.17, 15) is 5.26 Å². The molecule has 1 unspecified atom stereocenters. The molecule has 0 bridgehead atoms. The number of pyridine rings is 1. The molecule has 0 aliphatic carbocycles. The molecule has 1 aliphatic rings. The van der Waals surface area contributed by atoms with Gasteiger partial charge in [-0.2, -0.15) is 5.26 Å².